The summed E-state index contributed by atoms with van der Waals surface area (Å²) < 4.78 is 5.40. The Morgan fingerprint density at radius 3 is 2.61 bits per heavy atom. The molecule has 1 aliphatic heterocycles. The fraction of sp³-hybridized carbons (Fsp3) is 0.467. The highest BCUT2D eigenvalue weighted by atomic mass is 16.6. The highest BCUT2D eigenvalue weighted by Crippen LogP contribution is 2.12. The molecule has 0 bridgehead atoms. The van der Waals surface area contributed by atoms with Gasteiger partial charge in [-0.15, -0.1) is 0 Å². The molecular weight excluding hydrogens is 302 g/mol. The molecule has 8 heteroatoms. The van der Waals surface area contributed by atoms with Crippen LogP contribution in [0.15, 0.2) is 24.3 Å². The summed E-state index contributed by atoms with van der Waals surface area (Å²) in [6, 6.07) is 5.29. The van der Waals surface area contributed by atoms with Crippen molar-refractivity contribution in [1.82, 2.24) is 10.6 Å². The van der Waals surface area contributed by atoms with Crippen LogP contribution in [0, 0.1) is 10.1 Å². The monoisotopic (exact) mass is 321 g/mol. The molecule has 0 aromatic heterocycles. The lowest BCUT2D eigenvalue weighted by atomic mass is 10.2. The molecule has 8 nitrogen and oxygen atoms in total. The van der Waals surface area contributed by atoms with Crippen LogP contribution < -0.4 is 10.6 Å². The number of rotatable bonds is 7. The van der Waals surface area contributed by atoms with Crippen LogP contribution in [-0.2, 0) is 9.53 Å². The van der Waals surface area contributed by atoms with Crippen LogP contribution in [0.4, 0.5) is 5.69 Å². The SMILES string of the molecule is O=C(CCNC(=O)c1ccc([N+](=O)[O-])cc1)NCC1CCCO1. The van der Waals surface area contributed by atoms with E-state index in [0.717, 1.165) is 19.4 Å². The number of hydrogen-bond acceptors (Lipinski definition) is 5. The average molecular weight is 321 g/mol. The van der Waals surface area contributed by atoms with E-state index >= 15 is 0 Å². The van der Waals surface area contributed by atoms with Gasteiger partial charge >= 0.3 is 0 Å². The minimum atomic E-state index is -0.528. The Morgan fingerprint density at radius 1 is 1.26 bits per heavy atom. The molecule has 1 aromatic carbocycles. The van der Waals surface area contributed by atoms with Crippen molar-refractivity contribution in [2.24, 2.45) is 0 Å². The summed E-state index contributed by atoms with van der Waals surface area (Å²) in [6.45, 7) is 1.44. The van der Waals surface area contributed by atoms with Crippen molar-refractivity contribution in [1.29, 1.82) is 0 Å². The lowest BCUT2D eigenvalue weighted by molar-refractivity contribution is -0.384. The minimum Gasteiger partial charge on any atom is -0.376 e. The highest BCUT2D eigenvalue weighted by molar-refractivity contribution is 5.94. The van der Waals surface area contributed by atoms with Crippen LogP contribution in [0.5, 0.6) is 0 Å². The fourth-order valence-electron chi connectivity index (χ4n) is 2.25. The van der Waals surface area contributed by atoms with Gasteiger partial charge in [-0.3, -0.25) is 19.7 Å². The maximum atomic E-state index is 11.8. The summed E-state index contributed by atoms with van der Waals surface area (Å²) in [6.07, 6.45) is 2.24. The summed E-state index contributed by atoms with van der Waals surface area (Å²) in [4.78, 5) is 33.5. The first kappa shape index (κ1) is 16.9. The van der Waals surface area contributed by atoms with Crippen molar-refractivity contribution < 1.29 is 19.2 Å². The van der Waals surface area contributed by atoms with Crippen molar-refractivity contribution >= 4 is 17.5 Å². The molecule has 0 spiro atoms. The number of carbonyl (C=O) groups is 2. The number of hydrogen-bond donors (Lipinski definition) is 2. The third-order valence-electron chi connectivity index (χ3n) is 3.53. The van der Waals surface area contributed by atoms with Gasteiger partial charge in [0.25, 0.3) is 11.6 Å². The van der Waals surface area contributed by atoms with E-state index in [1.807, 2.05) is 0 Å². The van der Waals surface area contributed by atoms with Crippen LogP contribution >= 0.6 is 0 Å². The van der Waals surface area contributed by atoms with E-state index in [1.54, 1.807) is 0 Å². The number of non-ortho nitro benzene ring substituents is 1. The molecule has 2 amide bonds. The van der Waals surface area contributed by atoms with Gasteiger partial charge in [-0.05, 0) is 25.0 Å². The number of amides is 2. The van der Waals surface area contributed by atoms with Gasteiger partial charge in [0.05, 0.1) is 11.0 Å². The lowest BCUT2D eigenvalue weighted by Crippen LogP contribution is -2.34. The van der Waals surface area contributed by atoms with Crippen molar-refractivity contribution in [2.75, 3.05) is 19.7 Å². The molecule has 1 atom stereocenters. The number of nitrogens with zero attached hydrogens (tertiary/aromatic N) is 1. The maximum Gasteiger partial charge on any atom is 0.269 e. The van der Waals surface area contributed by atoms with Crippen LogP contribution in [0.3, 0.4) is 0 Å². The standard InChI is InChI=1S/C15H19N3O5/c19-14(17-10-13-2-1-9-23-13)7-8-16-15(20)11-3-5-12(6-4-11)18(21)22/h3-6,13H,1-2,7-10H2,(H,16,20)(H,17,19). The summed E-state index contributed by atoms with van der Waals surface area (Å²) >= 11 is 0. The molecule has 1 unspecified atom stereocenters. The van der Waals surface area contributed by atoms with Crippen molar-refractivity contribution in [2.45, 2.75) is 25.4 Å². The van der Waals surface area contributed by atoms with E-state index in [4.69, 9.17) is 4.74 Å². The molecule has 1 saturated heterocycles. The molecule has 2 N–H and O–H groups in total. The molecule has 0 radical (unpaired) electrons. The third kappa shape index (κ3) is 5.33. The number of nitro benzene ring substituents is 1. The lowest BCUT2D eigenvalue weighted by Gasteiger charge is -2.11. The van der Waals surface area contributed by atoms with Gasteiger partial charge < -0.3 is 15.4 Å². The van der Waals surface area contributed by atoms with Gasteiger partial charge in [-0.1, -0.05) is 0 Å². The number of nitrogens with one attached hydrogen (secondary N) is 2. The molecule has 2 rings (SSSR count). The van der Waals surface area contributed by atoms with Crippen molar-refractivity contribution in [3.63, 3.8) is 0 Å². The molecule has 124 valence electrons. The first-order valence-corrected chi connectivity index (χ1v) is 7.47. The van der Waals surface area contributed by atoms with E-state index < -0.39 is 4.92 Å². The van der Waals surface area contributed by atoms with E-state index in [-0.39, 0.29) is 36.6 Å². The topological polar surface area (TPSA) is 111 Å². The first-order chi connectivity index (χ1) is 11.1. The van der Waals surface area contributed by atoms with Gasteiger partial charge in [0.1, 0.15) is 0 Å². The normalized spacial score (nSPS) is 16.8. The van der Waals surface area contributed by atoms with Crippen LogP contribution in [0.25, 0.3) is 0 Å². The van der Waals surface area contributed by atoms with Gasteiger partial charge in [0.15, 0.2) is 0 Å². The summed E-state index contributed by atoms with van der Waals surface area (Å²) in [5.41, 5.74) is 0.241. The second-order valence-electron chi connectivity index (χ2n) is 5.25. The van der Waals surface area contributed by atoms with E-state index in [2.05, 4.69) is 10.6 Å². The molecule has 1 aromatic rings. The summed E-state index contributed by atoms with van der Waals surface area (Å²) in [5.74, 6) is -0.517. The highest BCUT2D eigenvalue weighted by Gasteiger charge is 2.16. The minimum absolute atomic E-state index is 0.0740. The number of benzene rings is 1. The number of nitro groups is 1. The molecule has 0 aliphatic carbocycles. The van der Waals surface area contributed by atoms with Crippen LogP contribution in [0.1, 0.15) is 29.6 Å². The zero-order chi connectivity index (χ0) is 16.7. The van der Waals surface area contributed by atoms with E-state index in [1.165, 1.54) is 24.3 Å². The Bertz CT molecular complexity index is 567. The molecule has 23 heavy (non-hydrogen) atoms. The Morgan fingerprint density at radius 2 is 2.00 bits per heavy atom. The largest absolute Gasteiger partial charge is 0.376 e. The maximum absolute atomic E-state index is 11.8. The summed E-state index contributed by atoms with van der Waals surface area (Å²) in [7, 11) is 0. The second kappa shape index (κ2) is 8.23. The predicted octanol–water partition coefficient (Wildman–Crippen LogP) is 1.01. The second-order valence-corrected chi connectivity index (χ2v) is 5.25. The van der Waals surface area contributed by atoms with Gasteiger partial charge in [0.2, 0.25) is 5.91 Å². The summed E-state index contributed by atoms with van der Waals surface area (Å²) in [5, 5.41) is 15.9. The smallest absolute Gasteiger partial charge is 0.269 e. The van der Waals surface area contributed by atoms with Gasteiger partial charge in [0, 0.05) is 43.8 Å². The predicted molar refractivity (Wildman–Crippen MR) is 82.0 cm³/mol. The molecule has 1 aliphatic rings. The molecule has 1 fully saturated rings. The van der Waals surface area contributed by atoms with Gasteiger partial charge in [-0.25, -0.2) is 0 Å². The Balaban J connectivity index is 1.67. The van der Waals surface area contributed by atoms with Gasteiger partial charge in [-0.2, -0.15) is 0 Å². The number of ether oxygens (including phenoxy) is 1. The van der Waals surface area contributed by atoms with E-state index in [0.29, 0.717) is 12.1 Å². The zero-order valence-corrected chi connectivity index (χ0v) is 12.6. The Hall–Kier alpha value is -2.48. The quantitative estimate of drug-likeness (QED) is 0.575. The van der Waals surface area contributed by atoms with E-state index in [9.17, 15) is 19.7 Å². The van der Waals surface area contributed by atoms with Crippen LogP contribution in [0.2, 0.25) is 0 Å². The average Bonchev–Trinajstić information content (AvgIpc) is 3.06. The van der Waals surface area contributed by atoms with Crippen molar-refractivity contribution in [3.05, 3.63) is 39.9 Å². The molecule has 0 saturated carbocycles. The van der Waals surface area contributed by atoms with Crippen LogP contribution in [-0.4, -0.2) is 42.5 Å². The number of carbonyl (C=O) groups excluding carboxylic acids is 2. The van der Waals surface area contributed by atoms with Crippen molar-refractivity contribution in [3.8, 4) is 0 Å². The third-order valence-corrected chi connectivity index (χ3v) is 3.53. The fourth-order valence-corrected chi connectivity index (χ4v) is 2.25. The Labute approximate surface area is 133 Å². The zero-order valence-electron chi connectivity index (χ0n) is 12.6. The molecular formula is C15H19N3O5. The molecule has 1 heterocycles. The first-order valence-electron chi connectivity index (χ1n) is 7.47. The Kier molecular flexibility index (Phi) is 6.04.